The van der Waals surface area contributed by atoms with Crippen LogP contribution in [0.25, 0.3) is 6.08 Å². The summed E-state index contributed by atoms with van der Waals surface area (Å²) in [6, 6.07) is 3.40. The van der Waals surface area contributed by atoms with Crippen molar-refractivity contribution < 1.29 is 9.90 Å². The standard InChI is InChI=1S/C12H13ClO2S/c1-8-6-11(13)7-10(12(8)15)4-3-5-16-9(2)14/h3-4,6-7,15H,5H2,1-2H3. The van der Waals surface area contributed by atoms with Crippen LogP contribution in [0.1, 0.15) is 18.1 Å². The lowest BCUT2D eigenvalue weighted by atomic mass is 10.1. The van der Waals surface area contributed by atoms with Gasteiger partial charge in [0.25, 0.3) is 0 Å². The Morgan fingerprint density at radius 2 is 2.25 bits per heavy atom. The van der Waals surface area contributed by atoms with Crippen molar-refractivity contribution >= 4 is 34.6 Å². The van der Waals surface area contributed by atoms with Gasteiger partial charge in [-0.1, -0.05) is 35.5 Å². The maximum atomic E-state index is 10.7. The Kier molecular flexibility index (Phi) is 4.90. The number of rotatable bonds is 3. The molecule has 0 amide bonds. The van der Waals surface area contributed by atoms with Crippen molar-refractivity contribution in [3.8, 4) is 5.75 Å². The predicted molar refractivity (Wildman–Crippen MR) is 70.0 cm³/mol. The highest BCUT2D eigenvalue weighted by Crippen LogP contribution is 2.27. The third kappa shape index (κ3) is 3.91. The zero-order chi connectivity index (χ0) is 12.1. The molecule has 0 bridgehead atoms. The van der Waals surface area contributed by atoms with Crippen molar-refractivity contribution in [3.63, 3.8) is 0 Å². The molecule has 1 N–H and O–H groups in total. The molecule has 0 aliphatic rings. The zero-order valence-corrected chi connectivity index (χ0v) is 10.7. The molecular weight excluding hydrogens is 244 g/mol. The van der Waals surface area contributed by atoms with E-state index in [1.165, 1.54) is 18.7 Å². The number of hydrogen-bond acceptors (Lipinski definition) is 3. The minimum absolute atomic E-state index is 0.0798. The number of thioether (sulfide) groups is 1. The van der Waals surface area contributed by atoms with Crippen LogP contribution < -0.4 is 0 Å². The van der Waals surface area contributed by atoms with E-state index in [9.17, 15) is 9.90 Å². The van der Waals surface area contributed by atoms with Gasteiger partial charge in [0.1, 0.15) is 5.75 Å². The topological polar surface area (TPSA) is 37.3 Å². The van der Waals surface area contributed by atoms with Gasteiger partial charge in [-0.3, -0.25) is 4.79 Å². The summed E-state index contributed by atoms with van der Waals surface area (Å²) < 4.78 is 0. The number of aryl methyl sites for hydroxylation is 1. The maximum absolute atomic E-state index is 10.7. The van der Waals surface area contributed by atoms with Crippen molar-refractivity contribution in [3.05, 3.63) is 34.4 Å². The third-order valence-corrected chi connectivity index (χ3v) is 2.96. The van der Waals surface area contributed by atoms with Crippen molar-refractivity contribution in [1.29, 1.82) is 0 Å². The van der Waals surface area contributed by atoms with Gasteiger partial charge in [0.05, 0.1) is 0 Å². The van der Waals surface area contributed by atoms with E-state index >= 15 is 0 Å². The van der Waals surface area contributed by atoms with E-state index in [1.54, 1.807) is 25.1 Å². The molecule has 1 aromatic carbocycles. The SMILES string of the molecule is CC(=O)SCC=Cc1cc(Cl)cc(C)c1O. The molecule has 0 radical (unpaired) electrons. The highest BCUT2D eigenvalue weighted by molar-refractivity contribution is 8.13. The van der Waals surface area contributed by atoms with Crippen LogP contribution in [-0.2, 0) is 4.79 Å². The van der Waals surface area contributed by atoms with Crippen molar-refractivity contribution in [2.24, 2.45) is 0 Å². The molecular formula is C12H13ClO2S. The first kappa shape index (κ1) is 13.1. The molecule has 0 fully saturated rings. The van der Waals surface area contributed by atoms with Gasteiger partial charge in [-0.2, -0.15) is 0 Å². The van der Waals surface area contributed by atoms with Crippen LogP contribution in [0.4, 0.5) is 0 Å². The van der Waals surface area contributed by atoms with Crippen LogP contribution in [0.5, 0.6) is 5.75 Å². The van der Waals surface area contributed by atoms with Gasteiger partial charge in [0.15, 0.2) is 5.12 Å². The van der Waals surface area contributed by atoms with Gasteiger partial charge in [-0.25, -0.2) is 0 Å². The molecule has 16 heavy (non-hydrogen) atoms. The highest BCUT2D eigenvalue weighted by atomic mass is 35.5. The largest absolute Gasteiger partial charge is 0.507 e. The average Bonchev–Trinajstić information content (AvgIpc) is 2.19. The van der Waals surface area contributed by atoms with Crippen LogP contribution in [-0.4, -0.2) is 16.0 Å². The Morgan fingerprint density at radius 3 is 2.88 bits per heavy atom. The van der Waals surface area contributed by atoms with Crippen molar-refractivity contribution in [1.82, 2.24) is 0 Å². The highest BCUT2D eigenvalue weighted by Gasteiger charge is 2.03. The fourth-order valence-electron chi connectivity index (χ4n) is 1.23. The summed E-state index contributed by atoms with van der Waals surface area (Å²) in [4.78, 5) is 10.7. The van der Waals surface area contributed by atoms with Crippen LogP contribution in [0.2, 0.25) is 5.02 Å². The molecule has 2 nitrogen and oxygen atoms in total. The smallest absolute Gasteiger partial charge is 0.186 e. The van der Waals surface area contributed by atoms with Gasteiger partial charge in [0, 0.05) is 23.3 Å². The van der Waals surface area contributed by atoms with Crippen LogP contribution in [0.15, 0.2) is 18.2 Å². The van der Waals surface area contributed by atoms with E-state index < -0.39 is 0 Å². The molecule has 0 spiro atoms. The first-order valence-electron chi connectivity index (χ1n) is 4.79. The summed E-state index contributed by atoms with van der Waals surface area (Å²) in [5, 5.41) is 10.4. The Morgan fingerprint density at radius 1 is 1.56 bits per heavy atom. The normalized spacial score (nSPS) is 10.9. The fourth-order valence-corrected chi connectivity index (χ4v) is 1.94. The second kappa shape index (κ2) is 5.97. The second-order valence-electron chi connectivity index (χ2n) is 3.37. The van der Waals surface area contributed by atoms with E-state index in [4.69, 9.17) is 11.6 Å². The lowest BCUT2D eigenvalue weighted by Gasteiger charge is -2.03. The Hall–Kier alpha value is -0.930. The molecule has 0 aliphatic heterocycles. The number of phenols is 1. The molecule has 4 heteroatoms. The zero-order valence-electron chi connectivity index (χ0n) is 9.16. The third-order valence-electron chi connectivity index (χ3n) is 1.97. The molecule has 0 unspecified atom stereocenters. The fraction of sp³-hybridized carbons (Fsp3) is 0.250. The van der Waals surface area contributed by atoms with E-state index in [0.717, 1.165) is 5.56 Å². The predicted octanol–water partition coefficient (Wildman–Crippen LogP) is 3.65. The van der Waals surface area contributed by atoms with Crippen LogP contribution in [0, 0.1) is 6.92 Å². The van der Waals surface area contributed by atoms with E-state index in [0.29, 0.717) is 16.3 Å². The minimum Gasteiger partial charge on any atom is -0.507 e. The number of hydrogen-bond donors (Lipinski definition) is 1. The number of carbonyl (C=O) groups is 1. The number of carbonyl (C=O) groups excluding carboxylic acids is 1. The molecule has 0 atom stereocenters. The van der Waals surface area contributed by atoms with Gasteiger partial charge < -0.3 is 5.11 Å². The first-order valence-corrected chi connectivity index (χ1v) is 6.16. The van der Waals surface area contributed by atoms with E-state index in [-0.39, 0.29) is 10.9 Å². The minimum atomic E-state index is 0.0798. The van der Waals surface area contributed by atoms with E-state index in [1.807, 2.05) is 6.08 Å². The summed E-state index contributed by atoms with van der Waals surface area (Å²) in [6.45, 7) is 3.32. The van der Waals surface area contributed by atoms with Gasteiger partial charge in [-0.15, -0.1) is 0 Å². The molecule has 0 heterocycles. The lowest BCUT2D eigenvalue weighted by Crippen LogP contribution is -1.83. The molecule has 86 valence electrons. The van der Waals surface area contributed by atoms with Gasteiger partial charge in [0.2, 0.25) is 0 Å². The first-order chi connectivity index (χ1) is 7.50. The lowest BCUT2D eigenvalue weighted by molar-refractivity contribution is -0.109. The van der Waals surface area contributed by atoms with E-state index in [2.05, 4.69) is 0 Å². The van der Waals surface area contributed by atoms with Crippen molar-refractivity contribution in [2.75, 3.05) is 5.75 Å². The molecule has 1 rings (SSSR count). The summed E-state index contributed by atoms with van der Waals surface area (Å²) in [7, 11) is 0. The Labute approximate surface area is 104 Å². The molecule has 0 saturated carbocycles. The molecule has 0 aliphatic carbocycles. The summed E-state index contributed by atoms with van der Waals surface area (Å²) in [5.41, 5.74) is 1.42. The summed E-state index contributed by atoms with van der Waals surface area (Å²) in [5.74, 6) is 0.828. The Bertz CT molecular complexity index is 427. The Balaban J connectivity index is 2.77. The maximum Gasteiger partial charge on any atom is 0.186 e. The number of aromatic hydroxyl groups is 1. The monoisotopic (exact) mass is 256 g/mol. The quantitative estimate of drug-likeness (QED) is 0.897. The van der Waals surface area contributed by atoms with Gasteiger partial charge in [-0.05, 0) is 24.6 Å². The van der Waals surface area contributed by atoms with Crippen LogP contribution in [0.3, 0.4) is 0 Å². The number of phenolic OH excluding ortho intramolecular Hbond substituents is 1. The molecule has 0 saturated heterocycles. The van der Waals surface area contributed by atoms with Crippen molar-refractivity contribution in [2.45, 2.75) is 13.8 Å². The molecule has 1 aromatic rings. The average molecular weight is 257 g/mol. The number of benzene rings is 1. The number of halogens is 1. The summed E-state index contributed by atoms with van der Waals surface area (Å²) >= 11 is 7.11. The molecule has 0 aromatic heterocycles. The summed E-state index contributed by atoms with van der Waals surface area (Å²) in [6.07, 6.45) is 3.60. The van der Waals surface area contributed by atoms with Crippen LogP contribution >= 0.6 is 23.4 Å². The van der Waals surface area contributed by atoms with Gasteiger partial charge >= 0.3 is 0 Å². The second-order valence-corrected chi connectivity index (χ2v) is 5.00.